The number of methoxy groups -OCH3 is 3. The zero-order chi connectivity index (χ0) is 25.3. The molecular formula is C30H32ClNO4. The smallest absolute Gasteiger partial charge is 0.234 e. The summed E-state index contributed by atoms with van der Waals surface area (Å²) >= 11 is 6.20. The molecule has 36 heavy (non-hydrogen) atoms. The molecule has 6 heteroatoms. The SMILES string of the molecule is COc1ccc([C@@H]2c3cc(OC)c(OC)cc3CCN2C(=O)C2(c3ccc(Cl)cc3)CCCC2)cc1. The molecule has 5 nitrogen and oxygen atoms in total. The van der Waals surface area contributed by atoms with Crippen LogP contribution in [0.3, 0.4) is 0 Å². The fourth-order valence-corrected chi connectivity index (χ4v) is 6.08. The van der Waals surface area contributed by atoms with Crippen molar-refractivity contribution in [3.8, 4) is 17.2 Å². The van der Waals surface area contributed by atoms with E-state index in [0.29, 0.717) is 23.1 Å². The summed E-state index contributed by atoms with van der Waals surface area (Å²) in [6, 6.07) is 19.7. The van der Waals surface area contributed by atoms with E-state index in [1.807, 2.05) is 42.5 Å². The highest BCUT2D eigenvalue weighted by atomic mass is 35.5. The van der Waals surface area contributed by atoms with Gasteiger partial charge in [0.15, 0.2) is 11.5 Å². The topological polar surface area (TPSA) is 48.0 Å². The Kier molecular flexibility index (Phi) is 6.85. The van der Waals surface area contributed by atoms with E-state index in [1.54, 1.807) is 21.3 Å². The third kappa shape index (κ3) is 4.20. The number of carbonyl (C=O) groups excluding carboxylic acids is 1. The maximum atomic E-state index is 14.6. The van der Waals surface area contributed by atoms with Crippen molar-refractivity contribution in [3.63, 3.8) is 0 Å². The van der Waals surface area contributed by atoms with Crippen LogP contribution in [0.1, 0.15) is 54.0 Å². The second kappa shape index (κ2) is 10.1. The Morgan fingerprint density at radius 2 is 1.53 bits per heavy atom. The lowest BCUT2D eigenvalue weighted by Gasteiger charge is -2.43. The molecule has 3 aromatic carbocycles. The predicted octanol–water partition coefficient (Wildman–Crippen LogP) is 6.35. The minimum atomic E-state index is -0.538. The van der Waals surface area contributed by atoms with E-state index in [1.165, 1.54) is 5.56 Å². The molecule has 0 N–H and O–H groups in total. The Morgan fingerprint density at radius 1 is 0.889 bits per heavy atom. The molecule has 1 fully saturated rings. The van der Waals surface area contributed by atoms with Gasteiger partial charge in [0, 0.05) is 11.6 Å². The Balaban J connectivity index is 1.63. The van der Waals surface area contributed by atoms with Gasteiger partial charge in [0.25, 0.3) is 0 Å². The van der Waals surface area contributed by atoms with Crippen molar-refractivity contribution in [3.05, 3.63) is 87.9 Å². The Labute approximate surface area is 217 Å². The number of nitrogens with zero attached hydrogens (tertiary/aromatic N) is 1. The van der Waals surface area contributed by atoms with Crippen molar-refractivity contribution >= 4 is 17.5 Å². The number of amides is 1. The van der Waals surface area contributed by atoms with E-state index in [0.717, 1.165) is 54.5 Å². The van der Waals surface area contributed by atoms with Crippen LogP contribution in [0.25, 0.3) is 0 Å². The van der Waals surface area contributed by atoms with Crippen molar-refractivity contribution in [1.29, 1.82) is 0 Å². The summed E-state index contributed by atoms with van der Waals surface area (Å²) in [6.45, 7) is 0.632. The maximum Gasteiger partial charge on any atom is 0.234 e. The molecule has 0 saturated heterocycles. The molecule has 1 aliphatic heterocycles. The molecule has 1 heterocycles. The van der Waals surface area contributed by atoms with Crippen LogP contribution in [-0.4, -0.2) is 38.7 Å². The van der Waals surface area contributed by atoms with Crippen LogP contribution in [0.4, 0.5) is 0 Å². The van der Waals surface area contributed by atoms with Gasteiger partial charge >= 0.3 is 0 Å². The van der Waals surface area contributed by atoms with Crippen molar-refractivity contribution in [2.45, 2.75) is 43.6 Å². The molecule has 188 valence electrons. The highest BCUT2D eigenvalue weighted by Gasteiger charge is 2.47. The van der Waals surface area contributed by atoms with Gasteiger partial charge in [-0.3, -0.25) is 4.79 Å². The van der Waals surface area contributed by atoms with E-state index < -0.39 is 5.41 Å². The molecule has 5 rings (SSSR count). The lowest BCUT2D eigenvalue weighted by molar-refractivity contribution is -0.139. The van der Waals surface area contributed by atoms with Crippen LogP contribution in [0.2, 0.25) is 5.02 Å². The van der Waals surface area contributed by atoms with Gasteiger partial charge in [-0.05, 0) is 77.9 Å². The third-order valence-corrected chi connectivity index (χ3v) is 8.08. The average molecular weight is 506 g/mol. The Bertz CT molecular complexity index is 1230. The zero-order valence-corrected chi connectivity index (χ0v) is 21.8. The highest BCUT2D eigenvalue weighted by Crippen LogP contribution is 2.47. The number of carbonyl (C=O) groups is 1. The number of halogens is 1. The molecule has 0 spiro atoms. The number of hydrogen-bond acceptors (Lipinski definition) is 4. The van der Waals surface area contributed by atoms with E-state index in [9.17, 15) is 4.79 Å². The van der Waals surface area contributed by atoms with Gasteiger partial charge in [0.05, 0.1) is 32.8 Å². The molecule has 1 amide bonds. The maximum absolute atomic E-state index is 14.6. The summed E-state index contributed by atoms with van der Waals surface area (Å²) in [5, 5.41) is 0.684. The number of hydrogen-bond donors (Lipinski definition) is 0. The third-order valence-electron chi connectivity index (χ3n) is 7.83. The van der Waals surface area contributed by atoms with Gasteiger partial charge in [0.2, 0.25) is 5.91 Å². The molecule has 3 aromatic rings. The summed E-state index contributed by atoms with van der Waals surface area (Å²) in [5.41, 5.74) is 3.80. The van der Waals surface area contributed by atoms with Crippen molar-refractivity contribution in [2.75, 3.05) is 27.9 Å². The van der Waals surface area contributed by atoms with Crippen molar-refractivity contribution < 1.29 is 19.0 Å². The predicted molar refractivity (Wildman–Crippen MR) is 141 cm³/mol. The Morgan fingerprint density at radius 3 is 2.14 bits per heavy atom. The van der Waals surface area contributed by atoms with Gasteiger partial charge in [0.1, 0.15) is 5.75 Å². The number of ether oxygens (including phenoxy) is 3. The van der Waals surface area contributed by atoms with Crippen LogP contribution < -0.4 is 14.2 Å². The van der Waals surface area contributed by atoms with Gasteiger partial charge < -0.3 is 19.1 Å². The van der Waals surface area contributed by atoms with Crippen LogP contribution in [0.15, 0.2) is 60.7 Å². The molecule has 1 saturated carbocycles. The lowest BCUT2D eigenvalue weighted by Crippen LogP contribution is -2.49. The van der Waals surface area contributed by atoms with Gasteiger partial charge in [-0.1, -0.05) is 48.7 Å². The first kappa shape index (κ1) is 24.5. The first-order chi connectivity index (χ1) is 17.5. The van der Waals surface area contributed by atoms with Crippen LogP contribution in [-0.2, 0) is 16.6 Å². The van der Waals surface area contributed by atoms with Gasteiger partial charge in [-0.25, -0.2) is 0 Å². The minimum Gasteiger partial charge on any atom is -0.497 e. The lowest BCUT2D eigenvalue weighted by atomic mass is 9.76. The first-order valence-electron chi connectivity index (χ1n) is 12.5. The highest BCUT2D eigenvalue weighted by molar-refractivity contribution is 6.30. The number of rotatable bonds is 6. The first-order valence-corrected chi connectivity index (χ1v) is 12.8. The molecular weight excluding hydrogens is 474 g/mol. The van der Waals surface area contributed by atoms with E-state index >= 15 is 0 Å². The summed E-state index contributed by atoms with van der Waals surface area (Å²) in [4.78, 5) is 16.7. The molecule has 0 unspecified atom stereocenters. The molecule has 1 atom stereocenters. The molecule has 1 aliphatic carbocycles. The number of benzene rings is 3. The fraction of sp³-hybridized carbons (Fsp3) is 0.367. The fourth-order valence-electron chi connectivity index (χ4n) is 5.96. The van der Waals surface area contributed by atoms with Gasteiger partial charge in [-0.2, -0.15) is 0 Å². The summed E-state index contributed by atoms with van der Waals surface area (Å²) in [7, 11) is 4.96. The zero-order valence-electron chi connectivity index (χ0n) is 21.1. The van der Waals surface area contributed by atoms with Crippen molar-refractivity contribution in [1.82, 2.24) is 4.90 Å². The quantitative estimate of drug-likeness (QED) is 0.391. The van der Waals surface area contributed by atoms with E-state index in [-0.39, 0.29) is 11.9 Å². The summed E-state index contributed by atoms with van der Waals surface area (Å²) in [6.07, 6.45) is 4.52. The second-order valence-electron chi connectivity index (χ2n) is 9.63. The minimum absolute atomic E-state index is 0.184. The standard InChI is InChI=1S/C30H32ClNO4/c1-34-24-12-6-20(7-13-24)28-25-19-27(36-3)26(35-2)18-21(25)14-17-32(28)29(33)30(15-4-5-16-30)22-8-10-23(31)11-9-22/h6-13,18-19,28H,4-5,14-17H2,1-3H3/t28-/m1/s1. The average Bonchev–Trinajstić information content (AvgIpc) is 3.43. The Hall–Kier alpha value is -3.18. The van der Waals surface area contributed by atoms with Crippen LogP contribution in [0.5, 0.6) is 17.2 Å². The van der Waals surface area contributed by atoms with Crippen molar-refractivity contribution in [2.24, 2.45) is 0 Å². The molecule has 0 bridgehead atoms. The normalized spacial score (nSPS) is 18.4. The summed E-state index contributed by atoms with van der Waals surface area (Å²) < 4.78 is 16.6. The van der Waals surface area contributed by atoms with Gasteiger partial charge in [-0.15, -0.1) is 0 Å². The summed E-state index contributed by atoms with van der Waals surface area (Å²) in [5.74, 6) is 2.34. The number of fused-ring (bicyclic) bond motifs is 1. The molecule has 0 aromatic heterocycles. The molecule has 0 radical (unpaired) electrons. The monoisotopic (exact) mass is 505 g/mol. The van der Waals surface area contributed by atoms with E-state index in [2.05, 4.69) is 23.1 Å². The van der Waals surface area contributed by atoms with E-state index in [4.69, 9.17) is 25.8 Å². The largest absolute Gasteiger partial charge is 0.497 e. The van der Waals surface area contributed by atoms with Crippen LogP contribution >= 0.6 is 11.6 Å². The molecule has 2 aliphatic rings. The van der Waals surface area contributed by atoms with Crippen LogP contribution in [0, 0.1) is 0 Å². The second-order valence-corrected chi connectivity index (χ2v) is 10.1.